The van der Waals surface area contributed by atoms with E-state index in [2.05, 4.69) is 10.1 Å². The van der Waals surface area contributed by atoms with Crippen LogP contribution in [-0.4, -0.2) is 22.4 Å². The normalized spacial score (nSPS) is 9.64. The molecular formula is C9H13BN4. The van der Waals surface area contributed by atoms with Crippen LogP contribution in [0.15, 0.2) is 12.1 Å². The quantitative estimate of drug-likeness (QED) is 0.610. The van der Waals surface area contributed by atoms with Crippen LogP contribution in [0.2, 0.25) is 0 Å². The number of nitrogens with zero attached hydrogens (tertiary/aromatic N) is 3. The van der Waals surface area contributed by atoms with Crippen LogP contribution >= 0.6 is 0 Å². The minimum Gasteiger partial charge on any atom is -0.382 e. The standard InChI is InChI=1S/C7H7BN4.C2H6/c1-4-2-3-5-6(9)10-7(8)11-12(4)5;1-2/h2-3H,1H3,(H2,9,10,11);1-2H3. The molecular weight excluding hydrogens is 175 g/mol. The fourth-order valence-electron chi connectivity index (χ4n) is 1.16. The van der Waals surface area contributed by atoms with E-state index in [0.29, 0.717) is 5.82 Å². The van der Waals surface area contributed by atoms with Crippen molar-refractivity contribution in [1.29, 1.82) is 0 Å². The van der Waals surface area contributed by atoms with Gasteiger partial charge in [-0.2, -0.15) is 5.10 Å². The van der Waals surface area contributed by atoms with Crippen LogP contribution in [0.3, 0.4) is 0 Å². The van der Waals surface area contributed by atoms with Crippen molar-refractivity contribution >= 4 is 24.9 Å². The maximum Gasteiger partial charge on any atom is 0.173 e. The number of hydrogen-bond acceptors (Lipinski definition) is 3. The van der Waals surface area contributed by atoms with Gasteiger partial charge < -0.3 is 5.73 Å². The Morgan fingerprint density at radius 3 is 2.64 bits per heavy atom. The molecule has 0 unspecified atom stereocenters. The Morgan fingerprint density at radius 2 is 2.00 bits per heavy atom. The second kappa shape index (κ2) is 4.13. The Kier molecular flexibility index (Phi) is 3.12. The average molecular weight is 188 g/mol. The first-order valence-corrected chi connectivity index (χ1v) is 4.56. The van der Waals surface area contributed by atoms with Crippen molar-refractivity contribution in [1.82, 2.24) is 14.6 Å². The highest BCUT2D eigenvalue weighted by Crippen LogP contribution is 2.10. The molecule has 0 amide bonds. The van der Waals surface area contributed by atoms with Gasteiger partial charge in [0, 0.05) is 5.69 Å². The van der Waals surface area contributed by atoms with Gasteiger partial charge in [-0.3, -0.25) is 0 Å². The van der Waals surface area contributed by atoms with Crippen LogP contribution in [0.5, 0.6) is 0 Å². The highest BCUT2D eigenvalue weighted by molar-refractivity contribution is 6.29. The molecule has 14 heavy (non-hydrogen) atoms. The van der Waals surface area contributed by atoms with Crippen molar-refractivity contribution in [2.24, 2.45) is 0 Å². The molecule has 5 heteroatoms. The SMILES string of the molecule is CC.[B]c1nc(N)c2ccc(C)n2n1. The predicted molar refractivity (Wildman–Crippen MR) is 58.9 cm³/mol. The molecule has 0 aromatic carbocycles. The lowest BCUT2D eigenvalue weighted by Gasteiger charge is -2.00. The van der Waals surface area contributed by atoms with Crippen LogP contribution < -0.4 is 11.5 Å². The lowest BCUT2D eigenvalue weighted by atomic mass is 10.1. The first kappa shape index (κ1) is 10.6. The third-order valence-corrected chi connectivity index (χ3v) is 1.74. The van der Waals surface area contributed by atoms with Gasteiger partial charge in [0.15, 0.2) is 13.7 Å². The van der Waals surface area contributed by atoms with E-state index >= 15 is 0 Å². The lowest BCUT2D eigenvalue weighted by Crippen LogP contribution is -2.19. The van der Waals surface area contributed by atoms with Crippen LogP contribution in [-0.2, 0) is 0 Å². The Hall–Kier alpha value is -1.52. The molecule has 0 spiro atoms. The molecule has 0 aliphatic heterocycles. The van der Waals surface area contributed by atoms with E-state index in [0.717, 1.165) is 11.2 Å². The van der Waals surface area contributed by atoms with Gasteiger partial charge in [-0.1, -0.05) is 13.8 Å². The number of aromatic nitrogens is 3. The summed E-state index contributed by atoms with van der Waals surface area (Å²) in [5.74, 6) is 0.413. The first-order valence-electron chi connectivity index (χ1n) is 4.56. The van der Waals surface area contributed by atoms with E-state index in [-0.39, 0.29) is 5.72 Å². The number of rotatable bonds is 0. The summed E-state index contributed by atoms with van der Waals surface area (Å²) < 4.78 is 1.68. The minimum atomic E-state index is 0.194. The number of nitrogen functional groups attached to an aromatic ring is 1. The number of hydrogen-bond donors (Lipinski definition) is 1. The van der Waals surface area contributed by atoms with Gasteiger partial charge in [-0.15, -0.1) is 0 Å². The first-order chi connectivity index (χ1) is 6.68. The highest BCUT2D eigenvalue weighted by Gasteiger charge is 2.03. The molecule has 2 aromatic heterocycles. The minimum absolute atomic E-state index is 0.194. The molecule has 2 heterocycles. The van der Waals surface area contributed by atoms with Crippen molar-refractivity contribution in [3.05, 3.63) is 17.8 Å². The fourth-order valence-corrected chi connectivity index (χ4v) is 1.16. The third kappa shape index (κ3) is 1.71. The van der Waals surface area contributed by atoms with Crippen LogP contribution in [0.1, 0.15) is 19.5 Å². The van der Waals surface area contributed by atoms with Gasteiger partial charge in [0.05, 0.1) is 5.72 Å². The molecule has 2 rings (SSSR count). The lowest BCUT2D eigenvalue weighted by molar-refractivity contribution is 0.901. The summed E-state index contributed by atoms with van der Waals surface area (Å²) >= 11 is 0. The second-order valence-electron chi connectivity index (χ2n) is 2.63. The van der Waals surface area contributed by atoms with E-state index < -0.39 is 0 Å². The van der Waals surface area contributed by atoms with Crippen molar-refractivity contribution in [3.63, 3.8) is 0 Å². The van der Waals surface area contributed by atoms with E-state index in [1.807, 2.05) is 32.9 Å². The Labute approximate surface area is 84.5 Å². The molecule has 4 nitrogen and oxygen atoms in total. The molecule has 0 atom stereocenters. The van der Waals surface area contributed by atoms with Crippen molar-refractivity contribution in [2.45, 2.75) is 20.8 Å². The smallest absolute Gasteiger partial charge is 0.173 e. The number of nitrogens with two attached hydrogens (primary N) is 1. The highest BCUT2D eigenvalue weighted by atomic mass is 15.3. The fraction of sp³-hybridized carbons (Fsp3) is 0.333. The Balaban J connectivity index is 0.000000461. The number of anilines is 1. The van der Waals surface area contributed by atoms with Gasteiger partial charge >= 0.3 is 0 Å². The summed E-state index contributed by atoms with van der Waals surface area (Å²) in [5, 5.41) is 4.00. The summed E-state index contributed by atoms with van der Waals surface area (Å²) in [6, 6.07) is 3.78. The van der Waals surface area contributed by atoms with Crippen molar-refractivity contribution in [3.8, 4) is 0 Å². The summed E-state index contributed by atoms with van der Waals surface area (Å²) in [7, 11) is 5.43. The summed E-state index contributed by atoms with van der Waals surface area (Å²) in [6.07, 6.45) is 0. The monoisotopic (exact) mass is 188 g/mol. The molecule has 0 saturated carbocycles. The van der Waals surface area contributed by atoms with Crippen LogP contribution in [0.25, 0.3) is 5.52 Å². The summed E-state index contributed by atoms with van der Waals surface area (Å²) in [4.78, 5) is 3.84. The van der Waals surface area contributed by atoms with Gasteiger partial charge in [0.1, 0.15) is 5.52 Å². The zero-order chi connectivity index (χ0) is 10.7. The molecule has 0 fully saturated rings. The van der Waals surface area contributed by atoms with Crippen LogP contribution in [0.4, 0.5) is 5.82 Å². The number of fused-ring (bicyclic) bond motifs is 1. The van der Waals surface area contributed by atoms with Gasteiger partial charge in [0.25, 0.3) is 0 Å². The maximum atomic E-state index is 5.62. The Bertz CT molecular complexity index is 436. The summed E-state index contributed by atoms with van der Waals surface area (Å²) in [6.45, 7) is 5.93. The van der Waals surface area contributed by atoms with Crippen molar-refractivity contribution < 1.29 is 0 Å². The largest absolute Gasteiger partial charge is 0.382 e. The third-order valence-electron chi connectivity index (χ3n) is 1.74. The second-order valence-corrected chi connectivity index (χ2v) is 2.63. The molecule has 2 N–H and O–H groups in total. The van der Waals surface area contributed by atoms with E-state index in [1.54, 1.807) is 4.52 Å². The molecule has 72 valence electrons. The van der Waals surface area contributed by atoms with Crippen molar-refractivity contribution in [2.75, 3.05) is 5.73 Å². The molecule has 2 radical (unpaired) electrons. The molecule has 0 aliphatic carbocycles. The topological polar surface area (TPSA) is 56.2 Å². The molecule has 0 aliphatic rings. The summed E-state index contributed by atoms with van der Waals surface area (Å²) in [5.41, 5.74) is 7.60. The van der Waals surface area contributed by atoms with E-state index in [4.69, 9.17) is 13.6 Å². The zero-order valence-corrected chi connectivity index (χ0v) is 8.65. The predicted octanol–water partition coefficient (Wildman–Crippen LogP) is 0.440. The van der Waals surface area contributed by atoms with E-state index in [1.165, 1.54) is 0 Å². The van der Waals surface area contributed by atoms with E-state index in [9.17, 15) is 0 Å². The Morgan fingerprint density at radius 1 is 1.36 bits per heavy atom. The van der Waals surface area contributed by atoms with Gasteiger partial charge in [-0.25, -0.2) is 9.50 Å². The number of aryl methyl sites for hydroxylation is 1. The molecule has 0 bridgehead atoms. The average Bonchev–Trinajstić information content (AvgIpc) is 2.52. The zero-order valence-electron chi connectivity index (χ0n) is 8.65. The van der Waals surface area contributed by atoms with Crippen LogP contribution in [0, 0.1) is 6.92 Å². The van der Waals surface area contributed by atoms with Gasteiger partial charge in [-0.05, 0) is 19.1 Å². The van der Waals surface area contributed by atoms with Gasteiger partial charge in [0.2, 0.25) is 0 Å². The molecule has 0 saturated heterocycles. The molecule has 2 aromatic rings. The maximum absolute atomic E-state index is 5.62.